The lowest BCUT2D eigenvalue weighted by atomic mass is 9.83. The Labute approximate surface area is 417 Å². The summed E-state index contributed by atoms with van der Waals surface area (Å²) in [7, 11) is 3.46. The average molecular weight is 1000 g/mol. The molecule has 6 atom stereocenters. The van der Waals surface area contributed by atoms with Crippen LogP contribution in [0.4, 0.5) is 8.78 Å². The van der Waals surface area contributed by atoms with Crippen LogP contribution in [0.3, 0.4) is 0 Å². The molecule has 0 unspecified atom stereocenters. The highest BCUT2D eigenvalue weighted by atomic mass is 32.1. The van der Waals surface area contributed by atoms with Crippen LogP contribution in [0, 0.1) is 23.5 Å². The number of carbonyl (C=O) groups is 6. The number of halogens is 2. The number of nitrogens with one attached hydrogen (secondary N) is 4. The van der Waals surface area contributed by atoms with Gasteiger partial charge in [-0.05, 0) is 140 Å². The highest BCUT2D eigenvalue weighted by Gasteiger charge is 2.42. The molecule has 70 heavy (non-hydrogen) atoms. The number of likely N-dealkylation sites (tertiary alicyclic amines) is 2. The monoisotopic (exact) mass is 1000 g/mol. The summed E-state index contributed by atoms with van der Waals surface area (Å²) < 4.78 is 26.5. The molecule has 2 saturated heterocycles. The molecular formula is C52H66F2N8O6S2. The zero-order valence-electron chi connectivity index (χ0n) is 40.5. The molecule has 4 fully saturated rings. The van der Waals surface area contributed by atoms with Crippen molar-refractivity contribution in [2.24, 2.45) is 11.8 Å². The predicted molar refractivity (Wildman–Crippen MR) is 265 cm³/mol. The van der Waals surface area contributed by atoms with E-state index in [-0.39, 0.29) is 71.2 Å². The van der Waals surface area contributed by atoms with Crippen LogP contribution in [-0.4, -0.2) is 106 Å². The Bertz CT molecular complexity index is 2270. The molecule has 376 valence electrons. The van der Waals surface area contributed by atoms with Crippen molar-refractivity contribution in [2.75, 3.05) is 27.2 Å². The Morgan fingerprint density at radius 3 is 1.24 bits per heavy atom. The molecule has 2 aromatic heterocycles. The van der Waals surface area contributed by atoms with E-state index in [1.54, 1.807) is 38.7 Å². The first-order valence-corrected chi connectivity index (χ1v) is 26.6. The summed E-state index contributed by atoms with van der Waals surface area (Å²) in [6.07, 6.45) is 13.5. The van der Waals surface area contributed by atoms with Crippen molar-refractivity contribution in [1.29, 1.82) is 0 Å². The van der Waals surface area contributed by atoms with E-state index in [9.17, 15) is 37.5 Å². The number of likely N-dealkylation sites (N-methyl/N-ethyl adjacent to an activating group) is 2. The van der Waals surface area contributed by atoms with Crippen LogP contribution < -0.4 is 21.3 Å². The zero-order chi connectivity index (χ0) is 49.9. The van der Waals surface area contributed by atoms with Gasteiger partial charge in [0.15, 0.2) is 0 Å². The molecule has 0 spiro atoms. The van der Waals surface area contributed by atoms with Gasteiger partial charge in [-0.1, -0.05) is 38.5 Å². The second-order valence-corrected chi connectivity index (χ2v) is 20.8. The summed E-state index contributed by atoms with van der Waals surface area (Å²) in [4.78, 5) is 91.6. The molecule has 4 N–H and O–H groups in total. The molecule has 18 heteroatoms. The first-order chi connectivity index (χ1) is 33.8. The summed E-state index contributed by atoms with van der Waals surface area (Å²) in [5, 5.41) is 16.8. The van der Waals surface area contributed by atoms with Gasteiger partial charge in [0.2, 0.25) is 35.2 Å². The van der Waals surface area contributed by atoms with Crippen LogP contribution in [0.15, 0.2) is 59.3 Å². The van der Waals surface area contributed by atoms with E-state index in [1.807, 2.05) is 9.80 Å². The lowest BCUT2D eigenvalue weighted by Gasteiger charge is -2.35. The van der Waals surface area contributed by atoms with Gasteiger partial charge in [-0.25, -0.2) is 18.7 Å². The van der Waals surface area contributed by atoms with E-state index >= 15 is 0 Å². The van der Waals surface area contributed by atoms with Crippen LogP contribution in [0.25, 0.3) is 0 Å². The van der Waals surface area contributed by atoms with Crippen molar-refractivity contribution in [3.05, 3.63) is 103 Å². The van der Waals surface area contributed by atoms with Crippen LogP contribution in [0.1, 0.15) is 158 Å². The van der Waals surface area contributed by atoms with E-state index in [1.165, 1.54) is 71.2 Å². The minimum atomic E-state index is -0.556. The van der Waals surface area contributed by atoms with Gasteiger partial charge >= 0.3 is 0 Å². The molecule has 4 amide bonds. The van der Waals surface area contributed by atoms with E-state index in [0.717, 1.165) is 99.9 Å². The SMILES string of the molecule is CN[C@@H](C)C(=O)N[C@H](C(=O)N1CCC[C@H]1c1nc(C(=O)c2ccc(F)cc2)cs1)C1CCCCC1.CN[C@@H](C)C(=O)N[C@H](C(=O)N1CCC[C@H]1c1nc(C(=O)c2ccc(F)cc2)cs1)C1CCCCC1. The van der Waals surface area contributed by atoms with Crippen LogP contribution in [0.5, 0.6) is 0 Å². The Morgan fingerprint density at radius 2 is 0.900 bits per heavy atom. The van der Waals surface area contributed by atoms with Gasteiger partial charge in [0.1, 0.15) is 45.1 Å². The quantitative estimate of drug-likeness (QED) is 0.0812. The van der Waals surface area contributed by atoms with E-state index < -0.39 is 23.7 Å². The second-order valence-electron chi connectivity index (χ2n) is 19.0. The first-order valence-electron chi connectivity index (χ1n) is 24.9. The topological polar surface area (TPSA) is 183 Å². The molecule has 0 radical (unpaired) electrons. The third-order valence-electron chi connectivity index (χ3n) is 14.4. The number of ketones is 2. The largest absolute Gasteiger partial charge is 0.343 e. The molecule has 8 rings (SSSR count). The number of carbonyl (C=O) groups excluding carboxylic acids is 6. The van der Waals surface area contributed by atoms with Gasteiger partial charge in [-0.3, -0.25) is 28.8 Å². The number of aromatic nitrogens is 2. The zero-order valence-corrected chi connectivity index (χ0v) is 42.1. The molecule has 0 bridgehead atoms. The minimum absolute atomic E-state index is 0.0577. The van der Waals surface area contributed by atoms with Crippen molar-refractivity contribution in [3.8, 4) is 0 Å². The van der Waals surface area contributed by atoms with Crippen molar-refractivity contribution < 1.29 is 37.5 Å². The predicted octanol–water partition coefficient (Wildman–Crippen LogP) is 7.70. The average Bonchev–Trinajstić information content (AvgIpc) is 4.25. The van der Waals surface area contributed by atoms with Crippen molar-refractivity contribution in [1.82, 2.24) is 41.0 Å². The third-order valence-corrected chi connectivity index (χ3v) is 16.3. The third kappa shape index (κ3) is 12.8. The number of benzene rings is 2. The maximum atomic E-state index is 13.8. The fourth-order valence-electron chi connectivity index (χ4n) is 10.0. The lowest BCUT2D eigenvalue weighted by Crippen LogP contribution is -2.55. The summed E-state index contributed by atoms with van der Waals surface area (Å²) in [5.74, 6) is -1.55. The summed E-state index contributed by atoms with van der Waals surface area (Å²) in [6, 6.07) is 8.51. The second kappa shape index (κ2) is 24.7. The van der Waals surface area contributed by atoms with Gasteiger partial charge in [-0.15, -0.1) is 22.7 Å². The molecular weight excluding hydrogens is 935 g/mol. The standard InChI is InChI=1S/2C26H33FN4O3S/c2*1-16(28-2)24(33)30-22(17-7-4-3-5-8-17)26(34)31-14-6-9-21(31)25-29-20(15-35-25)23(32)18-10-12-19(27)13-11-18/h2*10-13,15-17,21-22,28H,3-9,14H2,1-2H3,(H,30,33)/t2*16-,21-,22-/m00/s1. The van der Waals surface area contributed by atoms with Crippen molar-refractivity contribution in [3.63, 3.8) is 0 Å². The summed E-state index contributed by atoms with van der Waals surface area (Å²) >= 11 is 2.73. The highest BCUT2D eigenvalue weighted by molar-refractivity contribution is 7.10. The van der Waals surface area contributed by atoms with Crippen molar-refractivity contribution in [2.45, 2.75) is 140 Å². The van der Waals surface area contributed by atoms with Gasteiger partial charge in [0.05, 0.1) is 24.2 Å². The maximum Gasteiger partial charge on any atom is 0.246 e. The number of thiazole rings is 2. The Kier molecular flexibility index (Phi) is 18.5. The van der Waals surface area contributed by atoms with E-state index in [2.05, 4.69) is 31.2 Å². The van der Waals surface area contributed by atoms with Crippen molar-refractivity contribution >= 4 is 57.9 Å². The fourth-order valence-corrected chi connectivity index (χ4v) is 11.9. The van der Waals surface area contributed by atoms with Gasteiger partial charge in [0.25, 0.3) is 0 Å². The molecule has 4 aromatic rings. The normalized spacial score (nSPS) is 20.4. The minimum Gasteiger partial charge on any atom is -0.343 e. The molecule has 2 saturated carbocycles. The lowest BCUT2D eigenvalue weighted by molar-refractivity contribution is -0.139. The summed E-state index contributed by atoms with van der Waals surface area (Å²) in [6.45, 7) is 4.77. The number of nitrogens with zero attached hydrogens (tertiary/aromatic N) is 4. The van der Waals surface area contributed by atoms with Gasteiger partial charge in [-0.2, -0.15) is 0 Å². The molecule has 2 aliphatic carbocycles. The fraction of sp³-hybridized carbons (Fsp3) is 0.538. The molecule has 2 aromatic carbocycles. The smallest absolute Gasteiger partial charge is 0.246 e. The number of hydrogen-bond donors (Lipinski definition) is 4. The Hall–Kier alpha value is -5.30. The summed E-state index contributed by atoms with van der Waals surface area (Å²) in [5.41, 5.74) is 1.36. The van der Waals surface area contributed by atoms with E-state index in [4.69, 9.17) is 0 Å². The Morgan fingerprint density at radius 1 is 0.543 bits per heavy atom. The van der Waals surface area contributed by atoms with E-state index in [0.29, 0.717) is 35.6 Å². The number of amides is 4. The molecule has 4 heterocycles. The molecule has 14 nitrogen and oxygen atoms in total. The molecule has 2 aliphatic heterocycles. The van der Waals surface area contributed by atoms with Gasteiger partial charge in [0, 0.05) is 35.0 Å². The van der Waals surface area contributed by atoms with Crippen LogP contribution in [0.2, 0.25) is 0 Å². The first kappa shape index (κ1) is 52.5. The van der Waals surface area contributed by atoms with Crippen LogP contribution >= 0.6 is 22.7 Å². The Balaban J connectivity index is 0.000000206. The number of hydrogen-bond acceptors (Lipinski definition) is 12. The number of rotatable bonds is 16. The molecule has 4 aliphatic rings. The highest BCUT2D eigenvalue weighted by Crippen LogP contribution is 2.38. The van der Waals surface area contributed by atoms with Gasteiger partial charge < -0.3 is 31.1 Å². The maximum absolute atomic E-state index is 13.8. The van der Waals surface area contributed by atoms with Crippen LogP contribution in [-0.2, 0) is 19.2 Å².